The molecule has 1 amide bonds. The summed E-state index contributed by atoms with van der Waals surface area (Å²) in [4.78, 5) is 13.1. The molecule has 0 saturated heterocycles. The molecule has 2 aromatic carbocycles. The molecule has 1 N–H and O–H groups in total. The number of amides is 1. The molecule has 0 atom stereocenters. The zero-order chi connectivity index (χ0) is 17.6. The van der Waals surface area contributed by atoms with E-state index in [1.807, 2.05) is 36.4 Å². The van der Waals surface area contributed by atoms with Crippen LogP contribution in [0, 0.1) is 0 Å². The first-order chi connectivity index (χ1) is 12.1. The molecule has 0 fully saturated rings. The van der Waals surface area contributed by atoms with Gasteiger partial charge in [0.15, 0.2) is 0 Å². The van der Waals surface area contributed by atoms with Crippen LogP contribution in [0.15, 0.2) is 53.4 Å². The molecule has 25 heavy (non-hydrogen) atoms. The largest absolute Gasteiger partial charge is 0.300 e. The van der Waals surface area contributed by atoms with Crippen molar-refractivity contribution in [1.82, 2.24) is 10.2 Å². The Hall–Kier alpha value is -1.60. The maximum Gasteiger partial charge on any atom is 0.227 e. The fourth-order valence-electron chi connectivity index (χ4n) is 1.96. The second kappa shape index (κ2) is 8.67. The van der Waals surface area contributed by atoms with Crippen molar-refractivity contribution in [2.45, 2.75) is 11.3 Å². The van der Waals surface area contributed by atoms with Gasteiger partial charge in [-0.05, 0) is 36.4 Å². The lowest BCUT2D eigenvalue weighted by atomic mass is 10.2. The van der Waals surface area contributed by atoms with E-state index >= 15 is 0 Å². The Morgan fingerprint density at radius 1 is 1.00 bits per heavy atom. The van der Waals surface area contributed by atoms with Gasteiger partial charge in [0.05, 0.1) is 0 Å². The number of rotatable bonds is 6. The number of benzene rings is 2. The number of aromatic nitrogens is 2. The summed E-state index contributed by atoms with van der Waals surface area (Å²) in [7, 11) is 0. The molecule has 0 aliphatic carbocycles. The summed E-state index contributed by atoms with van der Waals surface area (Å²) in [5, 5.41) is 13.5. The van der Waals surface area contributed by atoms with Crippen LogP contribution in [0.1, 0.15) is 6.42 Å². The van der Waals surface area contributed by atoms with Crippen molar-refractivity contribution in [3.63, 3.8) is 0 Å². The number of carbonyl (C=O) groups excluding carboxylic acids is 1. The molecule has 8 heteroatoms. The fourth-order valence-corrected chi connectivity index (χ4v) is 3.83. The molecule has 3 rings (SSSR count). The van der Waals surface area contributed by atoms with E-state index in [1.54, 1.807) is 23.9 Å². The van der Waals surface area contributed by atoms with E-state index in [9.17, 15) is 4.79 Å². The Bertz CT molecular complexity index is 851. The molecule has 0 unspecified atom stereocenters. The number of hydrogen-bond acceptors (Lipinski definition) is 5. The Kier molecular flexibility index (Phi) is 6.31. The minimum atomic E-state index is -0.0831. The van der Waals surface area contributed by atoms with Crippen molar-refractivity contribution in [2.24, 2.45) is 0 Å². The highest BCUT2D eigenvalue weighted by molar-refractivity contribution is 7.99. The van der Waals surface area contributed by atoms with Crippen LogP contribution < -0.4 is 5.32 Å². The summed E-state index contributed by atoms with van der Waals surface area (Å²) in [5.74, 6) is 0.594. The van der Waals surface area contributed by atoms with Gasteiger partial charge in [0.1, 0.15) is 5.01 Å². The van der Waals surface area contributed by atoms with Crippen LogP contribution in [0.3, 0.4) is 0 Å². The quantitative estimate of drug-likeness (QED) is 0.535. The third-order valence-corrected chi connectivity index (χ3v) is 5.58. The Labute approximate surface area is 163 Å². The molecule has 128 valence electrons. The van der Waals surface area contributed by atoms with Crippen LogP contribution >= 0.6 is 46.3 Å². The third kappa shape index (κ3) is 5.44. The average molecular weight is 410 g/mol. The van der Waals surface area contributed by atoms with Crippen LogP contribution in [-0.2, 0) is 4.79 Å². The highest BCUT2D eigenvalue weighted by atomic mass is 35.5. The van der Waals surface area contributed by atoms with E-state index in [-0.39, 0.29) is 5.91 Å². The number of nitrogens with one attached hydrogen (secondary N) is 1. The first-order valence-corrected chi connectivity index (χ1v) is 9.93. The van der Waals surface area contributed by atoms with Gasteiger partial charge in [-0.3, -0.25) is 4.79 Å². The normalized spacial score (nSPS) is 10.6. The topological polar surface area (TPSA) is 54.9 Å². The van der Waals surface area contributed by atoms with Crippen LogP contribution in [-0.4, -0.2) is 21.9 Å². The highest BCUT2D eigenvalue weighted by Crippen LogP contribution is 2.27. The molecule has 0 saturated carbocycles. The van der Waals surface area contributed by atoms with Gasteiger partial charge in [-0.2, -0.15) is 0 Å². The summed E-state index contributed by atoms with van der Waals surface area (Å²) in [6.45, 7) is 0. The lowest BCUT2D eigenvalue weighted by Crippen LogP contribution is -2.11. The predicted octanol–water partition coefficient (Wildman–Crippen LogP) is 5.63. The van der Waals surface area contributed by atoms with Gasteiger partial charge in [-0.1, -0.05) is 46.7 Å². The van der Waals surface area contributed by atoms with Crippen molar-refractivity contribution in [2.75, 3.05) is 11.1 Å². The van der Waals surface area contributed by atoms with E-state index < -0.39 is 0 Å². The summed E-state index contributed by atoms with van der Waals surface area (Å²) in [6, 6.07) is 14.9. The zero-order valence-electron chi connectivity index (χ0n) is 12.9. The molecule has 0 bridgehead atoms. The van der Waals surface area contributed by atoms with Gasteiger partial charge >= 0.3 is 0 Å². The number of thioether (sulfide) groups is 1. The van der Waals surface area contributed by atoms with E-state index in [4.69, 9.17) is 23.2 Å². The van der Waals surface area contributed by atoms with Crippen LogP contribution in [0.4, 0.5) is 5.13 Å². The van der Waals surface area contributed by atoms with Gasteiger partial charge in [0.25, 0.3) is 0 Å². The van der Waals surface area contributed by atoms with Crippen molar-refractivity contribution >= 4 is 57.3 Å². The minimum Gasteiger partial charge on any atom is -0.300 e. The van der Waals surface area contributed by atoms with Gasteiger partial charge in [-0.15, -0.1) is 22.0 Å². The monoisotopic (exact) mass is 409 g/mol. The van der Waals surface area contributed by atoms with Crippen molar-refractivity contribution < 1.29 is 4.79 Å². The fraction of sp³-hybridized carbons (Fsp3) is 0.118. The molecule has 4 nitrogen and oxygen atoms in total. The van der Waals surface area contributed by atoms with Gasteiger partial charge in [0, 0.05) is 32.7 Å². The Morgan fingerprint density at radius 2 is 1.64 bits per heavy atom. The lowest BCUT2D eigenvalue weighted by molar-refractivity contribution is -0.115. The smallest absolute Gasteiger partial charge is 0.227 e. The summed E-state index contributed by atoms with van der Waals surface area (Å²) < 4.78 is 0. The lowest BCUT2D eigenvalue weighted by Gasteiger charge is -2.02. The first kappa shape index (κ1) is 18.2. The van der Waals surface area contributed by atoms with E-state index in [0.717, 1.165) is 15.5 Å². The molecular formula is C17H13Cl2N3OS2. The molecule has 0 spiro atoms. The van der Waals surface area contributed by atoms with Crippen molar-refractivity contribution in [1.29, 1.82) is 0 Å². The second-order valence-corrected chi connectivity index (χ2v) is 8.04. The average Bonchev–Trinajstić information content (AvgIpc) is 3.06. The molecule has 1 aromatic heterocycles. The Balaban J connectivity index is 1.49. The molecule has 0 aliphatic heterocycles. The molecule has 3 aromatic rings. The third-order valence-electron chi connectivity index (χ3n) is 3.17. The van der Waals surface area contributed by atoms with E-state index in [0.29, 0.717) is 27.4 Å². The van der Waals surface area contributed by atoms with Crippen molar-refractivity contribution in [3.8, 4) is 10.6 Å². The summed E-state index contributed by atoms with van der Waals surface area (Å²) in [6.07, 6.45) is 0.392. The molecule has 0 aliphatic rings. The van der Waals surface area contributed by atoms with Gasteiger partial charge < -0.3 is 5.32 Å². The van der Waals surface area contributed by atoms with Gasteiger partial charge in [-0.25, -0.2) is 0 Å². The SMILES string of the molecule is O=C(CCSc1ccc(Cl)cc1)Nc1nnc(-c2ccc(Cl)cc2)s1. The van der Waals surface area contributed by atoms with Gasteiger partial charge in [0.2, 0.25) is 11.0 Å². The number of hydrogen-bond donors (Lipinski definition) is 1. The summed E-state index contributed by atoms with van der Waals surface area (Å²) >= 11 is 14.7. The number of nitrogens with zero attached hydrogens (tertiary/aromatic N) is 2. The zero-order valence-corrected chi connectivity index (χ0v) is 16.1. The standard InChI is InChI=1S/C17H13Cl2N3OS2/c18-12-3-1-11(2-4-12)16-21-22-17(25-16)20-15(23)9-10-24-14-7-5-13(19)6-8-14/h1-8H,9-10H2,(H,20,22,23). The second-order valence-electron chi connectivity index (χ2n) is 5.02. The summed E-state index contributed by atoms with van der Waals surface area (Å²) in [5.41, 5.74) is 0.917. The number of anilines is 1. The molecule has 0 radical (unpaired) electrons. The number of halogens is 2. The maximum atomic E-state index is 12.0. The minimum absolute atomic E-state index is 0.0831. The van der Waals surface area contributed by atoms with Crippen LogP contribution in [0.5, 0.6) is 0 Å². The van der Waals surface area contributed by atoms with Crippen molar-refractivity contribution in [3.05, 3.63) is 58.6 Å². The maximum absolute atomic E-state index is 12.0. The number of carbonyl (C=O) groups is 1. The highest BCUT2D eigenvalue weighted by Gasteiger charge is 2.10. The molecule has 1 heterocycles. The van der Waals surface area contributed by atoms with Crippen LogP contribution in [0.2, 0.25) is 10.0 Å². The van der Waals surface area contributed by atoms with E-state index in [2.05, 4.69) is 15.5 Å². The predicted molar refractivity (Wildman–Crippen MR) is 106 cm³/mol. The Morgan fingerprint density at radius 3 is 2.32 bits per heavy atom. The van der Waals surface area contributed by atoms with Crippen LogP contribution in [0.25, 0.3) is 10.6 Å². The van der Waals surface area contributed by atoms with E-state index in [1.165, 1.54) is 11.3 Å². The molecular weight excluding hydrogens is 397 g/mol. The first-order valence-electron chi connectivity index (χ1n) is 7.38.